The normalized spacial score (nSPS) is 21.1. The molecule has 1 heterocycles. The number of fused-ring (bicyclic) bond motifs is 1. The molecule has 1 aromatic rings. The lowest BCUT2D eigenvalue weighted by molar-refractivity contribution is 0.357. The van der Waals surface area contributed by atoms with Crippen molar-refractivity contribution in [2.45, 2.75) is 6.42 Å². The molecule has 15 heavy (non-hydrogen) atoms. The van der Waals surface area contributed by atoms with Crippen molar-refractivity contribution in [2.75, 3.05) is 6.61 Å². The van der Waals surface area contributed by atoms with Crippen LogP contribution in [-0.4, -0.2) is 6.61 Å². The summed E-state index contributed by atoms with van der Waals surface area (Å²) >= 11 is 5.85. The Bertz CT molecular complexity index is 424. The van der Waals surface area contributed by atoms with Crippen LogP contribution in [0, 0.1) is 0 Å². The lowest BCUT2D eigenvalue weighted by atomic mass is 10.1. The van der Waals surface area contributed by atoms with E-state index in [1.165, 1.54) is 12.2 Å². The number of rotatable bonds is 0. The van der Waals surface area contributed by atoms with Gasteiger partial charge < -0.3 is 4.74 Å². The average Bonchev–Trinajstić information content (AvgIpc) is 2.28. The first kappa shape index (κ1) is 10.2. The number of halogens is 2. The van der Waals surface area contributed by atoms with Crippen molar-refractivity contribution in [1.29, 1.82) is 0 Å². The number of allylic oxidation sites excluding steroid dienone is 3. The summed E-state index contributed by atoms with van der Waals surface area (Å²) in [6.45, 7) is 0.226. The fourth-order valence-corrected chi connectivity index (χ4v) is 1.57. The Morgan fingerprint density at radius 1 is 1.33 bits per heavy atom. The van der Waals surface area contributed by atoms with E-state index in [1.807, 2.05) is 6.07 Å². The van der Waals surface area contributed by atoms with Gasteiger partial charge in [0.1, 0.15) is 18.2 Å². The van der Waals surface area contributed by atoms with Crippen LogP contribution in [0.1, 0.15) is 5.56 Å². The highest BCUT2D eigenvalue weighted by Gasteiger charge is 2.04. The predicted octanol–water partition coefficient (Wildman–Crippen LogP) is 3.68. The molecular weight excluding hydrogens is 215 g/mol. The van der Waals surface area contributed by atoms with E-state index < -0.39 is 0 Å². The summed E-state index contributed by atoms with van der Waals surface area (Å²) < 4.78 is 18.4. The van der Waals surface area contributed by atoms with Crippen molar-refractivity contribution in [1.82, 2.24) is 0 Å². The van der Waals surface area contributed by atoms with Crippen LogP contribution in [0.15, 0.2) is 42.3 Å². The molecule has 0 unspecified atom stereocenters. The van der Waals surface area contributed by atoms with Crippen molar-refractivity contribution in [3.05, 3.63) is 52.8 Å². The van der Waals surface area contributed by atoms with Gasteiger partial charge in [-0.25, -0.2) is 4.39 Å². The summed E-state index contributed by atoms with van der Waals surface area (Å²) in [5.74, 6) is 0.451. The zero-order valence-electron chi connectivity index (χ0n) is 8.04. The number of benzene rings is 1. The van der Waals surface area contributed by atoms with E-state index in [1.54, 1.807) is 18.2 Å². The molecule has 1 aliphatic heterocycles. The van der Waals surface area contributed by atoms with Crippen LogP contribution in [0.2, 0.25) is 5.02 Å². The van der Waals surface area contributed by atoms with Gasteiger partial charge in [0.05, 0.1) is 0 Å². The number of ether oxygens (including phenoxy) is 1. The average molecular weight is 225 g/mol. The van der Waals surface area contributed by atoms with Gasteiger partial charge >= 0.3 is 0 Å². The summed E-state index contributed by atoms with van der Waals surface area (Å²) in [5.41, 5.74) is 1.01. The lowest BCUT2D eigenvalue weighted by Crippen LogP contribution is -1.96. The zero-order chi connectivity index (χ0) is 10.7. The molecule has 0 aromatic heterocycles. The van der Waals surface area contributed by atoms with Crippen molar-refractivity contribution in [2.24, 2.45) is 0 Å². The second kappa shape index (κ2) is 4.49. The Labute approximate surface area is 92.8 Å². The third-order valence-corrected chi connectivity index (χ3v) is 2.40. The van der Waals surface area contributed by atoms with Gasteiger partial charge in [0.15, 0.2) is 0 Å². The van der Waals surface area contributed by atoms with Gasteiger partial charge in [-0.2, -0.15) is 0 Å². The second-order valence-electron chi connectivity index (χ2n) is 3.26. The van der Waals surface area contributed by atoms with Gasteiger partial charge in [0.2, 0.25) is 0 Å². The molecule has 0 radical (unpaired) electrons. The maximum Gasteiger partial charge on any atom is 0.124 e. The molecule has 1 aliphatic rings. The van der Waals surface area contributed by atoms with Crippen molar-refractivity contribution in [3.63, 3.8) is 0 Å². The molecule has 0 aliphatic carbocycles. The van der Waals surface area contributed by atoms with E-state index in [9.17, 15) is 4.39 Å². The van der Waals surface area contributed by atoms with Crippen LogP contribution in [0.3, 0.4) is 0 Å². The maximum atomic E-state index is 13.0. The molecule has 0 fully saturated rings. The number of hydrogen-bond donors (Lipinski definition) is 0. The highest BCUT2D eigenvalue weighted by atomic mass is 35.5. The third-order valence-electron chi connectivity index (χ3n) is 2.16. The molecule has 0 spiro atoms. The van der Waals surface area contributed by atoms with Crippen LogP contribution < -0.4 is 4.74 Å². The number of hydrogen-bond acceptors (Lipinski definition) is 1. The molecule has 1 nitrogen and oxygen atoms in total. The van der Waals surface area contributed by atoms with Crippen LogP contribution in [-0.2, 0) is 6.42 Å². The highest BCUT2D eigenvalue weighted by Crippen LogP contribution is 2.25. The molecule has 0 saturated heterocycles. The molecule has 0 saturated carbocycles. The Kier molecular flexibility index (Phi) is 3.07. The maximum absolute atomic E-state index is 13.0. The molecule has 0 amide bonds. The molecule has 0 bridgehead atoms. The van der Waals surface area contributed by atoms with Crippen LogP contribution in [0.25, 0.3) is 0 Å². The summed E-state index contributed by atoms with van der Waals surface area (Å²) in [4.78, 5) is 0. The standard InChI is InChI=1S/C12H10ClFO/c13-10-5-4-9-2-1-3-11(14)6-7-15-12(9)8-10/h1,3-6,8H,2,7H2/b3-1-,11-6+. The summed E-state index contributed by atoms with van der Waals surface area (Å²) in [5, 5.41) is 0.626. The highest BCUT2D eigenvalue weighted by molar-refractivity contribution is 6.30. The Morgan fingerprint density at radius 3 is 3.07 bits per heavy atom. The molecular formula is C12H10ClFO. The minimum absolute atomic E-state index is 0.226. The molecule has 0 N–H and O–H groups in total. The van der Waals surface area contributed by atoms with E-state index >= 15 is 0 Å². The van der Waals surface area contributed by atoms with E-state index in [0.717, 1.165) is 11.3 Å². The van der Waals surface area contributed by atoms with Crippen LogP contribution >= 0.6 is 11.6 Å². The van der Waals surface area contributed by atoms with Gasteiger partial charge in [-0.15, -0.1) is 0 Å². The van der Waals surface area contributed by atoms with E-state index in [0.29, 0.717) is 11.4 Å². The zero-order valence-corrected chi connectivity index (χ0v) is 8.80. The van der Waals surface area contributed by atoms with E-state index in [2.05, 4.69) is 0 Å². The van der Waals surface area contributed by atoms with Gasteiger partial charge in [0.25, 0.3) is 0 Å². The Hall–Kier alpha value is -1.28. The lowest BCUT2D eigenvalue weighted by Gasteiger charge is -2.08. The SMILES string of the molecule is FC1=C/COc2cc(Cl)ccc2C/C=C\1. The molecule has 0 atom stereocenters. The monoisotopic (exact) mass is 224 g/mol. The second-order valence-corrected chi connectivity index (χ2v) is 3.69. The molecule has 1 aromatic carbocycles. The summed E-state index contributed by atoms with van der Waals surface area (Å²) in [6.07, 6.45) is 5.26. The topological polar surface area (TPSA) is 9.23 Å². The van der Waals surface area contributed by atoms with Gasteiger partial charge in [-0.3, -0.25) is 0 Å². The van der Waals surface area contributed by atoms with E-state index in [4.69, 9.17) is 16.3 Å². The van der Waals surface area contributed by atoms with Crippen molar-refractivity contribution >= 4 is 11.6 Å². The van der Waals surface area contributed by atoms with Crippen LogP contribution in [0.5, 0.6) is 5.75 Å². The third kappa shape index (κ3) is 2.60. The minimum Gasteiger partial charge on any atom is -0.489 e. The fourth-order valence-electron chi connectivity index (χ4n) is 1.41. The van der Waals surface area contributed by atoms with Crippen molar-refractivity contribution in [3.8, 4) is 5.75 Å². The minimum atomic E-state index is -0.270. The first-order chi connectivity index (χ1) is 7.25. The van der Waals surface area contributed by atoms with Gasteiger partial charge in [-0.1, -0.05) is 23.7 Å². The quantitative estimate of drug-likeness (QED) is 0.653. The van der Waals surface area contributed by atoms with Gasteiger partial charge in [0, 0.05) is 5.02 Å². The smallest absolute Gasteiger partial charge is 0.124 e. The summed E-state index contributed by atoms with van der Waals surface area (Å²) in [7, 11) is 0. The van der Waals surface area contributed by atoms with Crippen LogP contribution in [0.4, 0.5) is 4.39 Å². The predicted molar refractivity (Wildman–Crippen MR) is 59.0 cm³/mol. The summed E-state index contributed by atoms with van der Waals surface area (Å²) in [6, 6.07) is 5.45. The first-order valence-corrected chi connectivity index (χ1v) is 5.07. The van der Waals surface area contributed by atoms with E-state index in [-0.39, 0.29) is 12.4 Å². The molecule has 2 rings (SSSR count). The first-order valence-electron chi connectivity index (χ1n) is 4.69. The van der Waals surface area contributed by atoms with Gasteiger partial charge in [-0.05, 0) is 36.3 Å². The fraction of sp³-hybridized carbons (Fsp3) is 0.167. The largest absolute Gasteiger partial charge is 0.489 e. The van der Waals surface area contributed by atoms with Crippen molar-refractivity contribution < 1.29 is 9.13 Å². The molecule has 78 valence electrons. The Balaban J connectivity index is 2.33. The Morgan fingerprint density at radius 2 is 2.20 bits per heavy atom. The molecule has 3 heteroatoms.